The summed E-state index contributed by atoms with van der Waals surface area (Å²) in [6.45, 7) is 3.69. The Morgan fingerprint density at radius 1 is 1.29 bits per heavy atom. The number of benzene rings is 1. The van der Waals surface area contributed by atoms with Gasteiger partial charge in [-0.3, -0.25) is 5.41 Å². The monoisotopic (exact) mass is 248 g/mol. The van der Waals surface area contributed by atoms with E-state index in [4.69, 9.17) is 5.41 Å². The molecule has 17 heavy (non-hydrogen) atoms. The first-order valence-electron chi connectivity index (χ1n) is 5.66. The lowest BCUT2D eigenvalue weighted by Crippen LogP contribution is -2.45. The summed E-state index contributed by atoms with van der Waals surface area (Å²) >= 11 is 1.23. The minimum atomic E-state index is 0.527. The fourth-order valence-corrected chi connectivity index (χ4v) is 2.17. The molecule has 0 atom stereocenters. The van der Waals surface area contributed by atoms with E-state index in [-0.39, 0.29) is 0 Å². The third kappa shape index (κ3) is 3.87. The predicted octanol–water partition coefficient (Wildman–Crippen LogP) is 1.59. The van der Waals surface area contributed by atoms with Gasteiger partial charge < -0.3 is 10.2 Å². The van der Waals surface area contributed by atoms with E-state index >= 15 is 0 Å². The van der Waals surface area contributed by atoms with E-state index in [1.165, 1.54) is 11.9 Å². The lowest BCUT2D eigenvalue weighted by molar-refractivity contribution is 0.361. The van der Waals surface area contributed by atoms with Crippen molar-refractivity contribution in [3.05, 3.63) is 35.9 Å². The van der Waals surface area contributed by atoms with Gasteiger partial charge in [0.2, 0.25) is 0 Å². The lowest BCUT2D eigenvalue weighted by atomic mass is 10.2. The first-order valence-corrected chi connectivity index (χ1v) is 6.43. The van der Waals surface area contributed by atoms with Gasteiger partial charge in [0.1, 0.15) is 0 Å². The summed E-state index contributed by atoms with van der Waals surface area (Å²) in [6.07, 6.45) is 1.79. The van der Waals surface area contributed by atoms with Crippen molar-refractivity contribution in [3.63, 3.8) is 0 Å². The predicted molar refractivity (Wildman–Crippen MR) is 73.8 cm³/mol. The van der Waals surface area contributed by atoms with Crippen LogP contribution in [0.4, 0.5) is 0 Å². The van der Waals surface area contributed by atoms with E-state index in [2.05, 4.69) is 9.71 Å². The molecule has 0 aromatic heterocycles. The van der Waals surface area contributed by atoms with Crippen molar-refractivity contribution in [2.24, 2.45) is 4.40 Å². The summed E-state index contributed by atoms with van der Waals surface area (Å²) in [4.78, 5) is 2.05. The van der Waals surface area contributed by atoms with Gasteiger partial charge in [0.05, 0.1) is 0 Å². The Morgan fingerprint density at radius 2 is 2.00 bits per heavy atom. The van der Waals surface area contributed by atoms with Crippen LogP contribution in [0.25, 0.3) is 0 Å². The van der Waals surface area contributed by atoms with Gasteiger partial charge in [0.25, 0.3) is 0 Å². The summed E-state index contributed by atoms with van der Waals surface area (Å²) in [6, 6.07) is 9.94. The van der Waals surface area contributed by atoms with Crippen LogP contribution in [-0.4, -0.2) is 42.5 Å². The highest BCUT2D eigenvalue weighted by molar-refractivity contribution is 8.12. The Kier molecular flexibility index (Phi) is 4.58. The van der Waals surface area contributed by atoms with E-state index in [1.807, 2.05) is 35.2 Å². The summed E-state index contributed by atoms with van der Waals surface area (Å²) in [7, 11) is 0. The van der Waals surface area contributed by atoms with Gasteiger partial charge in [-0.25, -0.2) is 4.40 Å². The Bertz CT molecular complexity index is 385. The van der Waals surface area contributed by atoms with Crippen molar-refractivity contribution < 1.29 is 0 Å². The Hall–Kier alpha value is -1.33. The van der Waals surface area contributed by atoms with Crippen LogP contribution in [0, 0.1) is 5.41 Å². The summed E-state index contributed by atoms with van der Waals surface area (Å²) in [5.74, 6) is 0. The molecule has 4 nitrogen and oxygen atoms in total. The Balaban J connectivity index is 1.81. The highest BCUT2D eigenvalue weighted by Gasteiger charge is 2.12. The maximum Gasteiger partial charge on any atom is 0.179 e. The molecule has 1 aliphatic heterocycles. The van der Waals surface area contributed by atoms with Crippen LogP contribution >= 0.6 is 11.9 Å². The maximum atomic E-state index is 7.90. The molecule has 90 valence electrons. The molecule has 1 aromatic rings. The van der Waals surface area contributed by atoms with E-state index in [9.17, 15) is 0 Å². The molecule has 1 heterocycles. The summed E-state index contributed by atoms with van der Waals surface area (Å²) in [5.41, 5.74) is 1.06. The van der Waals surface area contributed by atoms with Gasteiger partial charge in [-0.2, -0.15) is 0 Å². The molecular weight excluding hydrogens is 232 g/mol. The van der Waals surface area contributed by atoms with Gasteiger partial charge in [-0.15, -0.1) is 0 Å². The van der Waals surface area contributed by atoms with Crippen molar-refractivity contribution in [1.82, 2.24) is 10.2 Å². The van der Waals surface area contributed by atoms with Crippen LogP contribution in [-0.2, 0) is 0 Å². The second-order valence-electron chi connectivity index (χ2n) is 3.78. The highest BCUT2D eigenvalue weighted by atomic mass is 32.2. The molecule has 2 N–H and O–H groups in total. The fraction of sp³-hybridized carbons (Fsp3) is 0.333. The maximum absolute atomic E-state index is 7.90. The zero-order chi connectivity index (χ0) is 11.9. The molecule has 0 bridgehead atoms. The average Bonchev–Trinajstić information content (AvgIpc) is 2.41. The molecule has 0 saturated carbocycles. The van der Waals surface area contributed by atoms with Crippen LogP contribution in [0.1, 0.15) is 5.56 Å². The molecule has 0 amide bonds. The van der Waals surface area contributed by atoms with Crippen LogP contribution in [0.15, 0.2) is 34.7 Å². The first-order chi connectivity index (χ1) is 8.36. The third-order valence-corrected chi connectivity index (χ3v) is 3.19. The van der Waals surface area contributed by atoms with Crippen molar-refractivity contribution in [1.29, 1.82) is 5.41 Å². The fourth-order valence-electron chi connectivity index (χ4n) is 1.60. The Morgan fingerprint density at radius 3 is 2.71 bits per heavy atom. The van der Waals surface area contributed by atoms with Gasteiger partial charge in [0.15, 0.2) is 5.17 Å². The summed E-state index contributed by atoms with van der Waals surface area (Å²) in [5, 5.41) is 11.7. The van der Waals surface area contributed by atoms with Crippen LogP contribution in [0.2, 0.25) is 0 Å². The molecule has 1 saturated heterocycles. The van der Waals surface area contributed by atoms with Crippen LogP contribution in [0.5, 0.6) is 0 Å². The number of rotatable bonds is 2. The molecule has 0 aliphatic carbocycles. The van der Waals surface area contributed by atoms with Crippen LogP contribution in [0.3, 0.4) is 0 Å². The minimum Gasteiger partial charge on any atom is -0.348 e. The molecule has 2 rings (SSSR count). The third-order valence-electron chi connectivity index (χ3n) is 2.54. The molecule has 5 heteroatoms. The van der Waals surface area contributed by atoms with Crippen LogP contribution < -0.4 is 5.32 Å². The molecule has 0 unspecified atom stereocenters. The summed E-state index contributed by atoms with van der Waals surface area (Å²) < 4.78 is 4.22. The van der Waals surface area contributed by atoms with Crippen molar-refractivity contribution in [3.8, 4) is 0 Å². The topological polar surface area (TPSA) is 51.5 Å². The van der Waals surface area contributed by atoms with E-state index in [0.29, 0.717) is 5.17 Å². The van der Waals surface area contributed by atoms with Gasteiger partial charge in [-0.05, 0) is 5.56 Å². The van der Waals surface area contributed by atoms with Gasteiger partial charge >= 0.3 is 0 Å². The smallest absolute Gasteiger partial charge is 0.179 e. The molecule has 1 aromatic carbocycles. The zero-order valence-electron chi connectivity index (χ0n) is 9.60. The van der Waals surface area contributed by atoms with Gasteiger partial charge in [0, 0.05) is 44.3 Å². The van der Waals surface area contributed by atoms with E-state index in [1.54, 1.807) is 6.21 Å². The van der Waals surface area contributed by atoms with E-state index < -0.39 is 0 Å². The second kappa shape index (κ2) is 6.42. The number of nitrogens with one attached hydrogen (secondary N) is 2. The average molecular weight is 248 g/mol. The first kappa shape index (κ1) is 12.1. The normalized spacial score (nSPS) is 16.4. The molecule has 1 aliphatic rings. The quantitative estimate of drug-likeness (QED) is 0.475. The van der Waals surface area contributed by atoms with Crippen molar-refractivity contribution in [2.45, 2.75) is 0 Å². The van der Waals surface area contributed by atoms with E-state index in [0.717, 1.165) is 31.7 Å². The molecule has 0 spiro atoms. The number of piperazine rings is 1. The number of hydrogen-bond acceptors (Lipinski definition) is 4. The number of amidine groups is 1. The molecular formula is C12H16N4S. The standard InChI is InChI=1S/C12H16N4S/c13-12(16-8-6-14-7-9-16)17-15-10-11-4-2-1-3-5-11/h1-5,10,13-14H,6-9H2/b13-12?,15-10+. The van der Waals surface area contributed by atoms with Crippen molar-refractivity contribution in [2.75, 3.05) is 26.2 Å². The Labute approximate surface area is 106 Å². The van der Waals surface area contributed by atoms with Crippen molar-refractivity contribution >= 4 is 23.3 Å². The largest absolute Gasteiger partial charge is 0.348 e. The molecule has 1 fully saturated rings. The molecule has 0 radical (unpaired) electrons. The highest BCUT2D eigenvalue weighted by Crippen LogP contribution is 2.09. The van der Waals surface area contributed by atoms with Gasteiger partial charge in [-0.1, -0.05) is 30.3 Å². The SMILES string of the molecule is N=C(S/N=C/c1ccccc1)N1CCNCC1. The lowest BCUT2D eigenvalue weighted by Gasteiger charge is -2.27. The minimum absolute atomic E-state index is 0.527. The number of hydrogen-bond donors (Lipinski definition) is 2. The number of nitrogens with zero attached hydrogens (tertiary/aromatic N) is 2. The second-order valence-corrected chi connectivity index (χ2v) is 4.56. The zero-order valence-corrected chi connectivity index (χ0v) is 10.4.